The van der Waals surface area contributed by atoms with Gasteiger partial charge in [-0.25, -0.2) is 4.99 Å². The predicted octanol–water partition coefficient (Wildman–Crippen LogP) is 3.06. The highest BCUT2D eigenvalue weighted by atomic mass is 32.1. The van der Waals surface area contributed by atoms with Crippen molar-refractivity contribution >= 4 is 23.2 Å². The van der Waals surface area contributed by atoms with Crippen molar-refractivity contribution in [2.75, 3.05) is 34.2 Å². The minimum Gasteiger partial charge on any atom is -0.435 e. The van der Waals surface area contributed by atoms with Gasteiger partial charge in [-0.2, -0.15) is 8.78 Å². The first kappa shape index (κ1) is 22.6. The molecule has 0 spiro atoms. The first-order valence-corrected chi connectivity index (χ1v) is 9.99. The Hall–Kier alpha value is -2.68. The van der Waals surface area contributed by atoms with Crippen LogP contribution in [0.5, 0.6) is 5.75 Å². The van der Waals surface area contributed by atoms with Gasteiger partial charge in [0, 0.05) is 39.1 Å². The van der Waals surface area contributed by atoms with E-state index in [0.29, 0.717) is 19.0 Å². The van der Waals surface area contributed by atoms with Crippen LogP contribution in [0.2, 0.25) is 0 Å². The molecular formula is C20H26F2N4O2S. The van der Waals surface area contributed by atoms with Crippen molar-refractivity contribution in [1.29, 1.82) is 0 Å². The highest BCUT2D eigenvalue weighted by Crippen LogP contribution is 2.16. The molecule has 0 aliphatic carbocycles. The second-order valence-corrected chi connectivity index (χ2v) is 7.59. The third kappa shape index (κ3) is 8.06. The van der Waals surface area contributed by atoms with Crippen molar-refractivity contribution in [2.24, 2.45) is 4.99 Å². The smallest absolute Gasteiger partial charge is 0.387 e. The lowest BCUT2D eigenvalue weighted by molar-refractivity contribution is -0.127. The molecule has 0 radical (unpaired) electrons. The second kappa shape index (κ2) is 11.4. The number of ether oxygens (including phenoxy) is 1. The third-order valence-electron chi connectivity index (χ3n) is 4.03. The van der Waals surface area contributed by atoms with E-state index in [1.54, 1.807) is 37.6 Å². The number of halogens is 2. The SMILES string of the molecule is CN(C)C(=O)CN=C(NCCc1cccs1)N(C)Cc1ccc(OC(F)F)cc1. The van der Waals surface area contributed by atoms with Crippen molar-refractivity contribution < 1.29 is 18.3 Å². The molecule has 29 heavy (non-hydrogen) atoms. The molecule has 0 atom stereocenters. The minimum absolute atomic E-state index is 0.0415. The van der Waals surface area contributed by atoms with E-state index >= 15 is 0 Å². The highest BCUT2D eigenvalue weighted by Gasteiger charge is 2.11. The summed E-state index contributed by atoms with van der Waals surface area (Å²) in [5.74, 6) is 0.625. The number of alkyl halides is 2. The van der Waals surface area contributed by atoms with Crippen LogP contribution in [0.25, 0.3) is 0 Å². The number of aliphatic imine (C=N–C) groups is 1. The molecule has 1 amide bonds. The van der Waals surface area contributed by atoms with Crippen molar-refractivity contribution in [3.8, 4) is 5.75 Å². The molecular weight excluding hydrogens is 398 g/mol. The van der Waals surface area contributed by atoms with E-state index in [0.717, 1.165) is 12.0 Å². The van der Waals surface area contributed by atoms with E-state index in [2.05, 4.69) is 21.1 Å². The van der Waals surface area contributed by atoms with Gasteiger partial charge in [-0.3, -0.25) is 4.79 Å². The van der Waals surface area contributed by atoms with Crippen LogP contribution < -0.4 is 10.1 Å². The molecule has 0 fully saturated rings. The van der Waals surface area contributed by atoms with Gasteiger partial charge < -0.3 is 19.9 Å². The molecule has 0 saturated heterocycles. The summed E-state index contributed by atoms with van der Waals surface area (Å²) in [5, 5.41) is 5.33. The minimum atomic E-state index is -2.84. The molecule has 0 unspecified atom stereocenters. The van der Waals surface area contributed by atoms with Crippen LogP contribution >= 0.6 is 11.3 Å². The monoisotopic (exact) mass is 424 g/mol. The maximum atomic E-state index is 12.3. The second-order valence-electron chi connectivity index (χ2n) is 6.56. The Morgan fingerprint density at radius 3 is 2.52 bits per heavy atom. The molecule has 0 aliphatic heterocycles. The van der Waals surface area contributed by atoms with Gasteiger partial charge >= 0.3 is 6.61 Å². The van der Waals surface area contributed by atoms with Crippen LogP contribution in [0.3, 0.4) is 0 Å². The summed E-state index contributed by atoms with van der Waals surface area (Å²) in [6, 6.07) is 10.5. The fraction of sp³-hybridized carbons (Fsp3) is 0.400. The van der Waals surface area contributed by atoms with Gasteiger partial charge in [0.05, 0.1) is 0 Å². The van der Waals surface area contributed by atoms with Crippen LogP contribution in [0, 0.1) is 0 Å². The van der Waals surface area contributed by atoms with Gasteiger partial charge in [0.1, 0.15) is 12.3 Å². The standard InChI is InChI=1S/C20H26F2N4O2S/c1-25(2)18(27)13-24-20(23-11-10-17-5-4-12-29-17)26(3)14-15-6-8-16(9-7-15)28-19(21)22/h4-9,12,19H,10-11,13-14H2,1-3H3,(H,23,24). The molecule has 2 aromatic rings. The Kier molecular flexibility index (Phi) is 8.85. The number of benzene rings is 1. The Bertz CT molecular complexity index is 780. The average Bonchev–Trinajstić information content (AvgIpc) is 3.18. The summed E-state index contributed by atoms with van der Waals surface area (Å²) in [7, 11) is 5.24. The van der Waals surface area contributed by atoms with Crippen molar-refractivity contribution in [1.82, 2.24) is 15.1 Å². The van der Waals surface area contributed by atoms with Gasteiger partial charge in [-0.15, -0.1) is 11.3 Å². The number of carbonyl (C=O) groups is 1. The zero-order valence-electron chi connectivity index (χ0n) is 16.8. The van der Waals surface area contributed by atoms with Crippen molar-refractivity contribution in [2.45, 2.75) is 19.6 Å². The average molecular weight is 425 g/mol. The zero-order valence-corrected chi connectivity index (χ0v) is 17.6. The first-order valence-electron chi connectivity index (χ1n) is 9.11. The zero-order chi connectivity index (χ0) is 21.2. The maximum absolute atomic E-state index is 12.3. The van der Waals surface area contributed by atoms with Gasteiger partial charge in [0.15, 0.2) is 5.96 Å². The number of amides is 1. The Morgan fingerprint density at radius 1 is 1.21 bits per heavy atom. The Balaban J connectivity index is 2.00. The molecule has 158 valence electrons. The van der Waals surface area contributed by atoms with E-state index in [9.17, 15) is 13.6 Å². The molecule has 0 bridgehead atoms. The van der Waals surface area contributed by atoms with E-state index in [4.69, 9.17) is 0 Å². The fourth-order valence-electron chi connectivity index (χ4n) is 2.47. The van der Waals surface area contributed by atoms with Crippen molar-refractivity contribution in [3.05, 3.63) is 52.2 Å². The quantitative estimate of drug-likeness (QED) is 0.497. The van der Waals surface area contributed by atoms with Gasteiger partial charge in [-0.1, -0.05) is 18.2 Å². The fourth-order valence-corrected chi connectivity index (χ4v) is 3.18. The number of carbonyl (C=O) groups excluding carboxylic acids is 1. The van der Waals surface area contributed by atoms with Crippen LogP contribution in [0.4, 0.5) is 8.78 Å². The summed E-state index contributed by atoms with van der Waals surface area (Å²) in [6.45, 7) is -1.62. The number of likely N-dealkylation sites (N-methyl/N-ethyl adjacent to an activating group) is 1. The van der Waals surface area contributed by atoms with Crippen LogP contribution in [-0.4, -0.2) is 62.5 Å². The van der Waals surface area contributed by atoms with E-state index in [-0.39, 0.29) is 18.2 Å². The molecule has 1 aromatic carbocycles. The first-order chi connectivity index (χ1) is 13.8. The van der Waals surface area contributed by atoms with Gasteiger partial charge in [-0.05, 0) is 35.6 Å². The normalized spacial score (nSPS) is 11.4. The number of nitrogens with one attached hydrogen (secondary N) is 1. The largest absolute Gasteiger partial charge is 0.435 e. The summed E-state index contributed by atoms with van der Waals surface area (Å²) < 4.78 is 28.9. The lowest BCUT2D eigenvalue weighted by Crippen LogP contribution is -2.40. The lowest BCUT2D eigenvalue weighted by atomic mass is 10.2. The van der Waals surface area contributed by atoms with Crippen LogP contribution in [0.15, 0.2) is 46.8 Å². The number of guanidine groups is 1. The summed E-state index contributed by atoms with van der Waals surface area (Å²) in [5.41, 5.74) is 0.904. The molecule has 0 saturated carbocycles. The van der Waals surface area contributed by atoms with Crippen LogP contribution in [0.1, 0.15) is 10.4 Å². The molecule has 1 N–H and O–H groups in total. The molecule has 1 heterocycles. The third-order valence-corrected chi connectivity index (χ3v) is 4.96. The number of hydrogen-bond donors (Lipinski definition) is 1. The Morgan fingerprint density at radius 2 is 1.93 bits per heavy atom. The Labute approximate surface area is 173 Å². The maximum Gasteiger partial charge on any atom is 0.387 e. The molecule has 1 aromatic heterocycles. The topological polar surface area (TPSA) is 57.2 Å². The van der Waals surface area contributed by atoms with Gasteiger partial charge in [0.25, 0.3) is 0 Å². The van der Waals surface area contributed by atoms with Gasteiger partial charge in [0.2, 0.25) is 5.91 Å². The van der Waals surface area contributed by atoms with Crippen LogP contribution in [-0.2, 0) is 17.8 Å². The number of rotatable bonds is 9. The number of thiophene rings is 1. The lowest BCUT2D eigenvalue weighted by Gasteiger charge is -2.23. The molecule has 6 nitrogen and oxygen atoms in total. The summed E-state index contributed by atoms with van der Waals surface area (Å²) >= 11 is 1.69. The van der Waals surface area contributed by atoms with E-state index in [1.807, 2.05) is 23.4 Å². The number of hydrogen-bond acceptors (Lipinski definition) is 4. The molecule has 2 rings (SSSR count). The molecule has 0 aliphatic rings. The predicted molar refractivity (Wildman–Crippen MR) is 112 cm³/mol. The molecule has 9 heteroatoms. The highest BCUT2D eigenvalue weighted by molar-refractivity contribution is 7.09. The summed E-state index contributed by atoms with van der Waals surface area (Å²) in [6.07, 6.45) is 0.853. The van der Waals surface area contributed by atoms with E-state index < -0.39 is 6.61 Å². The van der Waals surface area contributed by atoms with E-state index in [1.165, 1.54) is 21.9 Å². The summed E-state index contributed by atoms with van der Waals surface area (Å²) in [4.78, 5) is 21.0. The van der Waals surface area contributed by atoms with Crippen molar-refractivity contribution in [3.63, 3.8) is 0 Å². The number of nitrogens with zero attached hydrogens (tertiary/aromatic N) is 3.